The highest BCUT2D eigenvalue weighted by Gasteiger charge is 2.22. The van der Waals surface area contributed by atoms with Crippen molar-refractivity contribution in [2.24, 2.45) is 0 Å². The fourth-order valence-electron chi connectivity index (χ4n) is 4.62. The van der Waals surface area contributed by atoms with E-state index in [1.54, 1.807) is 14.2 Å². The SMILES string of the molecule is COc1c(C)c(Cn2cnc3ccccc32)c(OC)c(Cn2cnc3ccccc32)c1C. The third-order valence-electron chi connectivity index (χ3n) is 6.25. The summed E-state index contributed by atoms with van der Waals surface area (Å²) in [6, 6.07) is 16.3. The molecule has 0 aliphatic carbocycles. The number of ether oxygens (including phenoxy) is 2. The van der Waals surface area contributed by atoms with Gasteiger partial charge >= 0.3 is 0 Å². The first-order chi connectivity index (χ1) is 15.6. The fourth-order valence-corrected chi connectivity index (χ4v) is 4.62. The van der Waals surface area contributed by atoms with Gasteiger partial charge in [-0.1, -0.05) is 24.3 Å². The molecule has 2 aromatic heterocycles. The molecule has 0 radical (unpaired) electrons. The molecule has 5 aromatic rings. The van der Waals surface area contributed by atoms with Crippen molar-refractivity contribution in [1.29, 1.82) is 0 Å². The molecule has 6 heteroatoms. The molecule has 0 amide bonds. The number of rotatable bonds is 6. The molecular formula is C26H26N4O2. The van der Waals surface area contributed by atoms with Crippen LogP contribution in [0.2, 0.25) is 0 Å². The Hall–Kier alpha value is -3.80. The van der Waals surface area contributed by atoms with Crippen molar-refractivity contribution in [3.05, 3.63) is 83.4 Å². The molecule has 0 saturated heterocycles. The first kappa shape index (κ1) is 20.1. The summed E-state index contributed by atoms with van der Waals surface area (Å²) in [6.45, 7) is 5.48. The summed E-state index contributed by atoms with van der Waals surface area (Å²) in [6.07, 6.45) is 3.78. The standard InChI is InChI=1S/C26H26N4O2/c1-17-19(13-29-15-27-21-9-5-7-11-23(21)29)26(32-4)20(18(2)25(17)31-3)14-30-16-28-22-10-6-8-12-24(22)30/h5-12,15-16H,13-14H2,1-4H3. The highest BCUT2D eigenvalue weighted by molar-refractivity contribution is 5.76. The monoisotopic (exact) mass is 426 g/mol. The second kappa shape index (κ2) is 8.04. The van der Waals surface area contributed by atoms with E-state index in [0.717, 1.165) is 55.8 Å². The molecule has 0 N–H and O–H groups in total. The van der Waals surface area contributed by atoms with E-state index in [-0.39, 0.29) is 0 Å². The molecule has 2 heterocycles. The normalized spacial score (nSPS) is 11.4. The van der Waals surface area contributed by atoms with Gasteiger partial charge in [0.2, 0.25) is 0 Å². The Balaban J connectivity index is 1.67. The largest absolute Gasteiger partial charge is 0.496 e. The molecule has 5 rings (SSSR count). The van der Waals surface area contributed by atoms with E-state index in [4.69, 9.17) is 9.47 Å². The average molecular weight is 427 g/mol. The summed E-state index contributed by atoms with van der Waals surface area (Å²) in [5.41, 5.74) is 8.50. The van der Waals surface area contributed by atoms with Crippen molar-refractivity contribution in [3.8, 4) is 11.5 Å². The highest BCUT2D eigenvalue weighted by Crippen LogP contribution is 2.39. The molecule has 32 heavy (non-hydrogen) atoms. The van der Waals surface area contributed by atoms with Crippen molar-refractivity contribution in [3.63, 3.8) is 0 Å². The Bertz CT molecular complexity index is 1330. The van der Waals surface area contributed by atoms with E-state index >= 15 is 0 Å². The maximum absolute atomic E-state index is 6.04. The lowest BCUT2D eigenvalue weighted by Crippen LogP contribution is -2.11. The van der Waals surface area contributed by atoms with E-state index in [0.29, 0.717) is 13.1 Å². The van der Waals surface area contributed by atoms with Crippen molar-refractivity contribution < 1.29 is 9.47 Å². The Labute approximate surface area is 187 Å². The summed E-state index contributed by atoms with van der Waals surface area (Å²) < 4.78 is 16.2. The lowest BCUT2D eigenvalue weighted by Gasteiger charge is -2.23. The van der Waals surface area contributed by atoms with Crippen LogP contribution in [0.25, 0.3) is 22.1 Å². The molecule has 0 fully saturated rings. The zero-order chi connectivity index (χ0) is 22.2. The number of hydrogen-bond donors (Lipinski definition) is 0. The lowest BCUT2D eigenvalue weighted by molar-refractivity contribution is 0.387. The maximum Gasteiger partial charge on any atom is 0.129 e. The van der Waals surface area contributed by atoms with Crippen molar-refractivity contribution in [2.45, 2.75) is 26.9 Å². The van der Waals surface area contributed by atoms with E-state index in [1.807, 2.05) is 49.1 Å². The van der Waals surface area contributed by atoms with Gasteiger partial charge < -0.3 is 18.6 Å². The quantitative estimate of drug-likeness (QED) is 0.378. The maximum atomic E-state index is 6.04. The van der Waals surface area contributed by atoms with Gasteiger partial charge in [-0.2, -0.15) is 0 Å². The lowest BCUT2D eigenvalue weighted by atomic mass is 9.95. The minimum atomic E-state index is 0.643. The Morgan fingerprint density at radius 3 is 1.53 bits per heavy atom. The molecule has 0 spiro atoms. The molecule has 0 bridgehead atoms. The smallest absolute Gasteiger partial charge is 0.129 e. The Morgan fingerprint density at radius 2 is 1.09 bits per heavy atom. The topological polar surface area (TPSA) is 54.1 Å². The molecule has 162 valence electrons. The summed E-state index contributed by atoms with van der Waals surface area (Å²) in [4.78, 5) is 9.11. The Morgan fingerprint density at radius 1 is 0.656 bits per heavy atom. The van der Waals surface area contributed by atoms with Crippen molar-refractivity contribution in [2.75, 3.05) is 14.2 Å². The minimum absolute atomic E-state index is 0.643. The van der Waals surface area contributed by atoms with Gasteiger partial charge in [-0.3, -0.25) is 0 Å². The molecule has 0 saturated carbocycles. The zero-order valence-corrected chi connectivity index (χ0v) is 18.8. The molecule has 0 aliphatic heterocycles. The second-order valence-electron chi connectivity index (χ2n) is 8.00. The molecule has 3 aromatic carbocycles. The van der Waals surface area contributed by atoms with Gasteiger partial charge in [0.25, 0.3) is 0 Å². The van der Waals surface area contributed by atoms with Gasteiger partial charge in [0.15, 0.2) is 0 Å². The molecular weight excluding hydrogens is 400 g/mol. The number of methoxy groups -OCH3 is 2. The van der Waals surface area contributed by atoms with E-state index in [2.05, 4.69) is 45.1 Å². The van der Waals surface area contributed by atoms with Crippen LogP contribution < -0.4 is 9.47 Å². The summed E-state index contributed by atoms with van der Waals surface area (Å²) >= 11 is 0. The van der Waals surface area contributed by atoms with Crippen LogP contribution in [-0.4, -0.2) is 33.3 Å². The third kappa shape index (κ3) is 3.19. The van der Waals surface area contributed by atoms with Crippen LogP contribution in [0.15, 0.2) is 61.2 Å². The van der Waals surface area contributed by atoms with Gasteiger partial charge in [-0.05, 0) is 49.2 Å². The predicted octanol–water partition coefficient (Wildman–Crippen LogP) is 5.12. The van der Waals surface area contributed by atoms with Crippen LogP contribution in [0.1, 0.15) is 22.3 Å². The van der Waals surface area contributed by atoms with Crippen LogP contribution >= 0.6 is 0 Å². The van der Waals surface area contributed by atoms with Crippen LogP contribution in [0.4, 0.5) is 0 Å². The van der Waals surface area contributed by atoms with E-state index in [9.17, 15) is 0 Å². The Kier molecular flexibility index (Phi) is 5.05. The van der Waals surface area contributed by atoms with Crippen LogP contribution in [0.3, 0.4) is 0 Å². The highest BCUT2D eigenvalue weighted by atomic mass is 16.5. The zero-order valence-electron chi connectivity index (χ0n) is 18.8. The molecule has 0 atom stereocenters. The number of nitrogens with zero attached hydrogens (tertiary/aromatic N) is 4. The van der Waals surface area contributed by atoms with Crippen molar-refractivity contribution in [1.82, 2.24) is 19.1 Å². The summed E-state index contributed by atoms with van der Waals surface area (Å²) in [5, 5.41) is 0. The number of hydrogen-bond acceptors (Lipinski definition) is 4. The van der Waals surface area contributed by atoms with Crippen molar-refractivity contribution >= 4 is 22.1 Å². The predicted molar refractivity (Wildman–Crippen MR) is 127 cm³/mol. The van der Waals surface area contributed by atoms with Gasteiger partial charge in [0.1, 0.15) is 11.5 Å². The summed E-state index contributed by atoms with van der Waals surface area (Å²) in [7, 11) is 3.47. The van der Waals surface area contributed by atoms with Gasteiger partial charge in [0.05, 0.1) is 62.0 Å². The van der Waals surface area contributed by atoms with Gasteiger partial charge in [-0.25, -0.2) is 9.97 Å². The number of aromatic nitrogens is 4. The number of benzene rings is 3. The van der Waals surface area contributed by atoms with Crippen LogP contribution in [-0.2, 0) is 13.1 Å². The number of para-hydroxylation sites is 4. The van der Waals surface area contributed by atoms with Gasteiger partial charge in [-0.15, -0.1) is 0 Å². The number of fused-ring (bicyclic) bond motifs is 2. The molecule has 6 nitrogen and oxygen atoms in total. The van der Waals surface area contributed by atoms with E-state index < -0.39 is 0 Å². The first-order valence-corrected chi connectivity index (χ1v) is 10.6. The van der Waals surface area contributed by atoms with Gasteiger partial charge in [0, 0.05) is 11.1 Å². The van der Waals surface area contributed by atoms with E-state index in [1.165, 1.54) is 0 Å². The average Bonchev–Trinajstić information content (AvgIpc) is 3.42. The third-order valence-corrected chi connectivity index (χ3v) is 6.25. The van der Waals surface area contributed by atoms with Crippen LogP contribution in [0, 0.1) is 13.8 Å². The second-order valence-corrected chi connectivity index (χ2v) is 8.00. The van der Waals surface area contributed by atoms with Crippen LogP contribution in [0.5, 0.6) is 11.5 Å². The molecule has 0 unspecified atom stereocenters. The minimum Gasteiger partial charge on any atom is -0.496 e. The first-order valence-electron chi connectivity index (χ1n) is 10.6. The number of imidazole rings is 2. The fraction of sp³-hybridized carbons (Fsp3) is 0.231. The molecule has 0 aliphatic rings. The summed E-state index contributed by atoms with van der Waals surface area (Å²) in [5.74, 6) is 1.78.